The van der Waals surface area contributed by atoms with Crippen LogP contribution in [0.15, 0.2) is 16.2 Å². The van der Waals surface area contributed by atoms with Crippen molar-refractivity contribution >= 4 is 12.4 Å². The standard InChI is InChI=1S/C4H3N2.BrH/c1-2-6-4-3-5-1;/h1-3H;1H/q+1;/p-1. The summed E-state index contributed by atoms with van der Waals surface area (Å²) in [6.45, 7) is 0. The molecule has 36 valence electrons. The lowest BCUT2D eigenvalue weighted by Gasteiger charge is -1.63. The Hall–Kier alpha value is -0.530. The van der Waals surface area contributed by atoms with Crippen LogP contribution in [0.5, 0.6) is 0 Å². The van der Waals surface area contributed by atoms with Crippen LogP contribution in [-0.4, -0.2) is 12.4 Å². The Balaban J connectivity index is 0.000000360. The quantitative estimate of drug-likeness (QED) is 0.347. The van der Waals surface area contributed by atoms with Crippen LogP contribution in [0, 0.1) is 6.20 Å². The van der Waals surface area contributed by atoms with Gasteiger partial charge in [-0.25, -0.2) is 4.99 Å². The van der Waals surface area contributed by atoms with E-state index in [1.54, 1.807) is 12.4 Å². The third-order valence-corrected chi connectivity index (χ3v) is 0.434. The first kappa shape index (κ1) is 6.47. The molecule has 0 atom stereocenters. The Bertz CT molecular complexity index is 79.1. The van der Waals surface area contributed by atoms with Gasteiger partial charge in [-0.05, 0) is 4.99 Å². The molecule has 3 heteroatoms. The van der Waals surface area contributed by atoms with Crippen molar-refractivity contribution in [1.29, 1.82) is 0 Å². The highest BCUT2D eigenvalue weighted by Gasteiger charge is 1.81. The molecule has 0 bridgehead atoms. The van der Waals surface area contributed by atoms with E-state index in [9.17, 15) is 0 Å². The third-order valence-electron chi connectivity index (χ3n) is 0.434. The average molecular weight is 159 g/mol. The first-order valence-corrected chi connectivity index (χ1v) is 1.62. The number of hydrogen-bond acceptors (Lipinski definition) is 2. The molecule has 0 aromatic carbocycles. The summed E-state index contributed by atoms with van der Waals surface area (Å²) >= 11 is 0. The van der Waals surface area contributed by atoms with Crippen LogP contribution < -0.4 is 17.0 Å². The summed E-state index contributed by atoms with van der Waals surface area (Å²) in [6, 6.07) is 0. The van der Waals surface area contributed by atoms with Gasteiger partial charge in [0.1, 0.15) is 6.21 Å². The van der Waals surface area contributed by atoms with Gasteiger partial charge >= 0.3 is 0 Å². The average Bonchev–Trinajstić information content (AvgIpc) is 1.72. The van der Waals surface area contributed by atoms with Gasteiger partial charge in [0.2, 0.25) is 6.20 Å². The maximum Gasteiger partial charge on any atom is 0.239 e. The Morgan fingerprint density at radius 2 is 2.14 bits per heavy atom. The number of rotatable bonds is 0. The van der Waals surface area contributed by atoms with Crippen LogP contribution in [0.25, 0.3) is 0 Å². The van der Waals surface area contributed by atoms with E-state index < -0.39 is 0 Å². The van der Waals surface area contributed by atoms with Gasteiger partial charge in [-0.15, -0.1) is 0 Å². The molecule has 0 fully saturated rings. The molecule has 1 heterocycles. The van der Waals surface area contributed by atoms with Gasteiger partial charge < -0.3 is 17.0 Å². The van der Waals surface area contributed by atoms with E-state index in [4.69, 9.17) is 0 Å². The maximum absolute atomic E-state index is 3.67. The molecule has 0 aliphatic carbocycles. The zero-order valence-electron chi connectivity index (χ0n) is 3.50. The monoisotopic (exact) mass is 158 g/mol. The van der Waals surface area contributed by atoms with Crippen molar-refractivity contribution in [3.05, 3.63) is 12.4 Å². The maximum atomic E-state index is 3.67. The third kappa shape index (κ3) is 2.20. The summed E-state index contributed by atoms with van der Waals surface area (Å²) in [6.07, 6.45) is 7.24. The molecule has 0 spiro atoms. The fourth-order valence-corrected chi connectivity index (χ4v) is 0.225. The summed E-state index contributed by atoms with van der Waals surface area (Å²) in [5.41, 5.74) is 0. The molecule has 0 unspecified atom stereocenters. The van der Waals surface area contributed by atoms with E-state index in [0.717, 1.165) is 0 Å². The van der Waals surface area contributed by atoms with Crippen molar-refractivity contribution in [1.82, 2.24) is 0 Å². The van der Waals surface area contributed by atoms with Crippen molar-refractivity contribution < 1.29 is 17.0 Å². The Morgan fingerprint density at radius 1 is 1.29 bits per heavy atom. The molecule has 1 aliphatic heterocycles. The van der Waals surface area contributed by atoms with Gasteiger partial charge in [-0.3, -0.25) is 0 Å². The molecule has 0 saturated heterocycles. The Labute approximate surface area is 52.4 Å². The SMILES string of the molecule is [Br-].[C+]1=CN=CC=N1. The second kappa shape index (κ2) is 3.65. The van der Waals surface area contributed by atoms with Gasteiger partial charge in [-0.2, -0.15) is 0 Å². The van der Waals surface area contributed by atoms with E-state index >= 15 is 0 Å². The first-order chi connectivity index (χ1) is 3.00. The van der Waals surface area contributed by atoms with Crippen molar-refractivity contribution in [2.24, 2.45) is 9.98 Å². The first-order valence-electron chi connectivity index (χ1n) is 1.62. The van der Waals surface area contributed by atoms with Crippen LogP contribution in [-0.2, 0) is 0 Å². The van der Waals surface area contributed by atoms with Gasteiger partial charge in [0, 0.05) is 0 Å². The molecule has 2 nitrogen and oxygen atoms in total. The molecule has 0 aromatic heterocycles. The highest BCUT2D eigenvalue weighted by Crippen LogP contribution is 1.75. The summed E-state index contributed by atoms with van der Waals surface area (Å²) in [5.74, 6) is 0. The molecule has 0 aromatic rings. The molecule has 0 saturated carbocycles. The zero-order valence-corrected chi connectivity index (χ0v) is 5.09. The smallest absolute Gasteiger partial charge is 0.239 e. The summed E-state index contributed by atoms with van der Waals surface area (Å²) < 4.78 is 0. The normalized spacial score (nSPS) is 12.6. The van der Waals surface area contributed by atoms with Gasteiger partial charge in [0.15, 0.2) is 12.4 Å². The summed E-state index contributed by atoms with van der Waals surface area (Å²) in [5, 5.41) is 0. The zero-order chi connectivity index (χ0) is 4.24. The number of nitrogens with zero attached hydrogens (tertiary/aromatic N) is 2. The Kier molecular flexibility index (Phi) is 3.38. The lowest BCUT2D eigenvalue weighted by Crippen LogP contribution is -3.00. The van der Waals surface area contributed by atoms with E-state index in [-0.39, 0.29) is 17.0 Å². The van der Waals surface area contributed by atoms with E-state index in [2.05, 4.69) is 16.2 Å². The van der Waals surface area contributed by atoms with Crippen LogP contribution in [0.4, 0.5) is 0 Å². The minimum atomic E-state index is 0. The Morgan fingerprint density at radius 3 is 2.29 bits per heavy atom. The van der Waals surface area contributed by atoms with Gasteiger partial charge in [-0.1, -0.05) is 0 Å². The second-order valence-corrected chi connectivity index (χ2v) is 0.835. The van der Waals surface area contributed by atoms with Gasteiger partial charge in [0.05, 0.1) is 0 Å². The molecule has 0 N–H and O–H groups in total. The lowest BCUT2D eigenvalue weighted by atomic mass is 10.7. The summed E-state index contributed by atoms with van der Waals surface area (Å²) in [7, 11) is 0. The second-order valence-electron chi connectivity index (χ2n) is 0.835. The topological polar surface area (TPSA) is 24.7 Å². The van der Waals surface area contributed by atoms with Crippen molar-refractivity contribution in [2.75, 3.05) is 0 Å². The molecular formula is C4H3BrN2. The molecular weight excluding hydrogens is 156 g/mol. The van der Waals surface area contributed by atoms with Crippen LogP contribution in [0.1, 0.15) is 0 Å². The predicted octanol–water partition coefficient (Wildman–Crippen LogP) is -2.58. The number of halogens is 1. The van der Waals surface area contributed by atoms with Crippen LogP contribution in [0.3, 0.4) is 0 Å². The highest BCUT2D eigenvalue weighted by atomic mass is 79.9. The number of aliphatic imine (C=N–C) groups is 2. The molecule has 0 radical (unpaired) electrons. The van der Waals surface area contributed by atoms with E-state index in [0.29, 0.717) is 0 Å². The van der Waals surface area contributed by atoms with Gasteiger partial charge in [0.25, 0.3) is 0 Å². The largest absolute Gasteiger partial charge is 1.00 e. The van der Waals surface area contributed by atoms with Crippen LogP contribution in [0.2, 0.25) is 0 Å². The lowest BCUT2D eigenvalue weighted by molar-refractivity contribution is -0.00000121. The molecule has 7 heavy (non-hydrogen) atoms. The van der Waals surface area contributed by atoms with E-state index in [1.807, 2.05) is 0 Å². The molecule has 0 amide bonds. The van der Waals surface area contributed by atoms with Crippen molar-refractivity contribution in [2.45, 2.75) is 0 Å². The molecule has 1 aliphatic rings. The molecule has 1 rings (SSSR count). The summed E-state index contributed by atoms with van der Waals surface area (Å²) in [4.78, 5) is 7.26. The fourth-order valence-electron chi connectivity index (χ4n) is 0.225. The van der Waals surface area contributed by atoms with Crippen molar-refractivity contribution in [3.63, 3.8) is 0 Å². The minimum absolute atomic E-state index is 0. The predicted molar refractivity (Wildman–Crippen MR) is 24.8 cm³/mol. The van der Waals surface area contributed by atoms with Crippen LogP contribution >= 0.6 is 0 Å². The fraction of sp³-hybridized carbons (Fsp3) is 0. The minimum Gasteiger partial charge on any atom is -1.00 e. The number of hydrogen-bond donors (Lipinski definition) is 0. The van der Waals surface area contributed by atoms with E-state index in [1.165, 1.54) is 6.20 Å². The van der Waals surface area contributed by atoms with Crippen molar-refractivity contribution in [3.8, 4) is 0 Å². The highest BCUT2D eigenvalue weighted by molar-refractivity contribution is 6.16.